The van der Waals surface area contributed by atoms with Crippen LogP contribution < -0.4 is 15.4 Å². The van der Waals surface area contributed by atoms with Gasteiger partial charge in [0.25, 0.3) is 11.8 Å². The number of ether oxygens (including phenoxy) is 1. The standard InChI is InChI=1S/C22H18ClN3O5/c23-17-11-16-14(10-18(17)31-9-5-4-8-27)12-26(19(16)28)13-22(15-6-2-1-3-7-15)20(29)24-21(30)25-22/h1-3,6-7,10-11,27H,8-9,12-13H2,(H2,24,25,29,30)/t22-/m0/s1. The van der Waals surface area contributed by atoms with Gasteiger partial charge in [-0.2, -0.15) is 0 Å². The van der Waals surface area contributed by atoms with Gasteiger partial charge in [0.1, 0.15) is 19.0 Å². The molecule has 2 aliphatic rings. The summed E-state index contributed by atoms with van der Waals surface area (Å²) in [7, 11) is 0. The van der Waals surface area contributed by atoms with E-state index in [2.05, 4.69) is 22.5 Å². The SMILES string of the molecule is O=C1NC(=O)[C@](CN2Cc3cc(OCC#CCO)c(Cl)cc3C2=O)(c2ccccc2)N1. The molecule has 1 saturated heterocycles. The predicted octanol–water partition coefficient (Wildman–Crippen LogP) is 1.41. The van der Waals surface area contributed by atoms with Crippen LogP contribution in [0.25, 0.3) is 0 Å². The van der Waals surface area contributed by atoms with Crippen molar-refractivity contribution in [1.29, 1.82) is 0 Å². The molecule has 4 rings (SSSR count). The molecule has 0 aromatic heterocycles. The number of urea groups is 1. The molecular weight excluding hydrogens is 422 g/mol. The number of fused-ring (bicyclic) bond motifs is 1. The molecule has 0 saturated carbocycles. The second-order valence-corrected chi connectivity index (χ2v) is 7.49. The first-order chi connectivity index (χ1) is 14.9. The number of nitrogens with zero attached hydrogens (tertiary/aromatic N) is 1. The van der Waals surface area contributed by atoms with Crippen LogP contribution in [0.15, 0.2) is 42.5 Å². The number of nitrogens with one attached hydrogen (secondary N) is 2. The highest BCUT2D eigenvalue weighted by Crippen LogP contribution is 2.35. The van der Waals surface area contributed by atoms with Crippen LogP contribution >= 0.6 is 11.6 Å². The smallest absolute Gasteiger partial charge is 0.322 e. The lowest BCUT2D eigenvalue weighted by atomic mass is 9.89. The summed E-state index contributed by atoms with van der Waals surface area (Å²) in [6, 6.07) is 11.4. The molecule has 2 aromatic carbocycles. The van der Waals surface area contributed by atoms with Gasteiger partial charge in [0.15, 0.2) is 5.54 Å². The summed E-state index contributed by atoms with van der Waals surface area (Å²) in [5, 5.41) is 13.9. The highest BCUT2D eigenvalue weighted by Gasteiger charge is 2.50. The van der Waals surface area contributed by atoms with Crippen LogP contribution in [0.4, 0.5) is 4.79 Å². The van der Waals surface area contributed by atoms with Crippen LogP contribution in [0.2, 0.25) is 5.02 Å². The first-order valence-electron chi connectivity index (χ1n) is 9.45. The number of halogens is 1. The van der Waals surface area contributed by atoms with Crippen LogP contribution in [0.1, 0.15) is 21.5 Å². The first-order valence-corrected chi connectivity index (χ1v) is 9.82. The minimum Gasteiger partial charge on any atom is -0.479 e. The van der Waals surface area contributed by atoms with Gasteiger partial charge < -0.3 is 20.1 Å². The molecule has 2 heterocycles. The average Bonchev–Trinajstić information content (AvgIpc) is 3.22. The van der Waals surface area contributed by atoms with E-state index in [1.807, 2.05) is 0 Å². The maximum atomic E-state index is 13.0. The summed E-state index contributed by atoms with van der Waals surface area (Å²) < 4.78 is 5.52. The average molecular weight is 440 g/mol. The van der Waals surface area contributed by atoms with E-state index < -0.39 is 17.5 Å². The fourth-order valence-corrected chi connectivity index (χ4v) is 3.96. The predicted molar refractivity (Wildman–Crippen MR) is 111 cm³/mol. The van der Waals surface area contributed by atoms with Crippen LogP contribution in [-0.2, 0) is 16.9 Å². The van der Waals surface area contributed by atoms with Crippen LogP contribution in [0.5, 0.6) is 5.75 Å². The molecule has 9 heteroatoms. The van der Waals surface area contributed by atoms with Crippen molar-refractivity contribution >= 4 is 29.4 Å². The molecule has 31 heavy (non-hydrogen) atoms. The van der Waals surface area contributed by atoms with E-state index in [-0.39, 0.29) is 37.2 Å². The van der Waals surface area contributed by atoms with E-state index in [4.69, 9.17) is 21.4 Å². The number of benzene rings is 2. The molecule has 0 aliphatic carbocycles. The van der Waals surface area contributed by atoms with Gasteiger partial charge in [-0.3, -0.25) is 14.9 Å². The van der Waals surface area contributed by atoms with E-state index in [1.54, 1.807) is 36.4 Å². The molecule has 2 aromatic rings. The zero-order chi connectivity index (χ0) is 22.0. The third-order valence-corrected chi connectivity index (χ3v) is 5.47. The number of imide groups is 1. The third-order valence-electron chi connectivity index (χ3n) is 5.18. The Kier molecular flexibility index (Phi) is 5.55. The number of carbonyl (C=O) groups is 3. The Labute approximate surface area is 183 Å². The maximum Gasteiger partial charge on any atom is 0.322 e. The highest BCUT2D eigenvalue weighted by molar-refractivity contribution is 6.32. The van der Waals surface area contributed by atoms with Gasteiger partial charge >= 0.3 is 6.03 Å². The number of hydrogen-bond acceptors (Lipinski definition) is 5. The molecule has 158 valence electrons. The minimum absolute atomic E-state index is 0.0417. The number of aliphatic hydroxyl groups is 1. The molecule has 0 radical (unpaired) electrons. The van der Waals surface area contributed by atoms with E-state index in [9.17, 15) is 14.4 Å². The summed E-state index contributed by atoms with van der Waals surface area (Å²) in [5.41, 5.74) is 0.282. The summed E-state index contributed by atoms with van der Waals surface area (Å²) in [4.78, 5) is 39.2. The fourth-order valence-electron chi connectivity index (χ4n) is 3.74. The second kappa shape index (κ2) is 8.30. The molecule has 8 nitrogen and oxygen atoms in total. The van der Waals surface area contributed by atoms with Crippen LogP contribution in [-0.4, -0.2) is 47.6 Å². The first kappa shape index (κ1) is 20.7. The zero-order valence-electron chi connectivity index (χ0n) is 16.3. The Bertz CT molecular complexity index is 1130. The number of rotatable bonds is 5. The van der Waals surface area contributed by atoms with Crippen LogP contribution in [0, 0.1) is 11.8 Å². The monoisotopic (exact) mass is 439 g/mol. The second-order valence-electron chi connectivity index (χ2n) is 7.08. The summed E-state index contributed by atoms with van der Waals surface area (Å²) in [6.07, 6.45) is 0. The summed E-state index contributed by atoms with van der Waals surface area (Å²) >= 11 is 6.26. The van der Waals surface area contributed by atoms with E-state index in [0.29, 0.717) is 22.4 Å². The third kappa shape index (κ3) is 3.81. The molecule has 1 atom stereocenters. The summed E-state index contributed by atoms with van der Waals surface area (Å²) in [5.74, 6) is 4.66. The molecule has 0 bridgehead atoms. The lowest BCUT2D eigenvalue weighted by Gasteiger charge is -2.31. The van der Waals surface area contributed by atoms with Crippen molar-refractivity contribution in [3.05, 3.63) is 64.2 Å². The van der Waals surface area contributed by atoms with Crippen LogP contribution in [0.3, 0.4) is 0 Å². The van der Waals surface area contributed by atoms with Gasteiger partial charge in [0.05, 0.1) is 11.6 Å². The maximum absolute atomic E-state index is 13.0. The fraction of sp³-hybridized carbons (Fsp3) is 0.227. The number of aliphatic hydroxyl groups excluding tert-OH is 1. The Hall–Kier alpha value is -3.54. The molecule has 3 N–H and O–H groups in total. The Morgan fingerprint density at radius 2 is 1.94 bits per heavy atom. The Morgan fingerprint density at radius 3 is 2.61 bits per heavy atom. The van der Waals surface area contributed by atoms with Gasteiger partial charge in [-0.1, -0.05) is 53.8 Å². The van der Waals surface area contributed by atoms with E-state index in [1.165, 1.54) is 11.0 Å². The van der Waals surface area contributed by atoms with Gasteiger partial charge in [-0.15, -0.1) is 0 Å². The minimum atomic E-state index is -1.39. The van der Waals surface area contributed by atoms with Crippen molar-refractivity contribution < 1.29 is 24.2 Å². The molecule has 4 amide bonds. The van der Waals surface area contributed by atoms with E-state index >= 15 is 0 Å². The normalized spacial score (nSPS) is 19.4. The van der Waals surface area contributed by atoms with Gasteiger partial charge in [0, 0.05) is 12.1 Å². The van der Waals surface area contributed by atoms with Crippen molar-refractivity contribution in [2.45, 2.75) is 12.1 Å². The van der Waals surface area contributed by atoms with Gasteiger partial charge in [0.2, 0.25) is 0 Å². The molecule has 0 unspecified atom stereocenters. The molecule has 2 aliphatic heterocycles. The Balaban J connectivity index is 1.61. The van der Waals surface area contributed by atoms with E-state index in [0.717, 1.165) is 0 Å². The highest BCUT2D eigenvalue weighted by atomic mass is 35.5. The van der Waals surface area contributed by atoms with Crippen molar-refractivity contribution in [3.8, 4) is 17.6 Å². The summed E-state index contributed by atoms with van der Waals surface area (Å²) in [6.45, 7) is -0.0439. The Morgan fingerprint density at radius 1 is 1.16 bits per heavy atom. The number of hydrogen-bond donors (Lipinski definition) is 3. The molecule has 0 spiro atoms. The lowest BCUT2D eigenvalue weighted by Crippen LogP contribution is -2.52. The van der Waals surface area contributed by atoms with Crippen molar-refractivity contribution in [2.24, 2.45) is 0 Å². The van der Waals surface area contributed by atoms with Crippen molar-refractivity contribution in [2.75, 3.05) is 19.8 Å². The molecular formula is C22H18ClN3O5. The molecule has 1 fully saturated rings. The largest absolute Gasteiger partial charge is 0.479 e. The van der Waals surface area contributed by atoms with Gasteiger partial charge in [-0.25, -0.2) is 4.79 Å². The zero-order valence-corrected chi connectivity index (χ0v) is 17.0. The topological polar surface area (TPSA) is 108 Å². The lowest BCUT2D eigenvalue weighted by molar-refractivity contribution is -0.124. The number of carbonyl (C=O) groups excluding carboxylic acids is 3. The van der Waals surface area contributed by atoms with Crippen molar-refractivity contribution in [1.82, 2.24) is 15.5 Å². The quantitative estimate of drug-likeness (QED) is 0.482. The number of amides is 4. The van der Waals surface area contributed by atoms with Crippen molar-refractivity contribution in [3.63, 3.8) is 0 Å². The van der Waals surface area contributed by atoms with Gasteiger partial charge in [-0.05, 0) is 23.3 Å².